The van der Waals surface area contributed by atoms with E-state index >= 15 is 0 Å². The van der Waals surface area contributed by atoms with E-state index in [0.717, 1.165) is 18.8 Å². The zero-order valence-corrected chi connectivity index (χ0v) is 11.3. The topological polar surface area (TPSA) is 41.1 Å². The summed E-state index contributed by atoms with van der Waals surface area (Å²) in [6, 6.07) is 6.26. The number of nitrogens with one attached hydrogen (secondary N) is 2. The quantitative estimate of drug-likeness (QED) is 0.878. The van der Waals surface area contributed by atoms with Crippen molar-refractivity contribution in [2.24, 2.45) is 5.92 Å². The van der Waals surface area contributed by atoms with Gasteiger partial charge in [0.25, 0.3) is 0 Å². The summed E-state index contributed by atoms with van der Waals surface area (Å²) in [6.07, 6.45) is 4.82. The molecule has 0 radical (unpaired) electrons. The third-order valence-electron chi connectivity index (χ3n) is 3.62. The zero-order valence-electron chi connectivity index (χ0n) is 11.3. The Balaban J connectivity index is 1.73. The van der Waals surface area contributed by atoms with Crippen molar-refractivity contribution in [1.29, 1.82) is 0 Å². The van der Waals surface area contributed by atoms with Gasteiger partial charge in [0.1, 0.15) is 5.82 Å². The number of hydrogen-bond donors (Lipinski definition) is 2. The van der Waals surface area contributed by atoms with Crippen molar-refractivity contribution in [3.05, 3.63) is 30.1 Å². The number of carbonyl (C=O) groups is 1. The van der Waals surface area contributed by atoms with Gasteiger partial charge in [0.15, 0.2) is 0 Å². The van der Waals surface area contributed by atoms with Crippen LogP contribution in [-0.4, -0.2) is 18.5 Å². The first-order valence-electron chi connectivity index (χ1n) is 6.92. The molecule has 3 nitrogen and oxygen atoms in total. The SMILES string of the molecule is CC1CCCC(NCC(=O)Nc2ccc(F)cc2)C1. The average Bonchev–Trinajstić information content (AvgIpc) is 2.39. The Kier molecular flexibility index (Phi) is 4.91. The van der Waals surface area contributed by atoms with Gasteiger partial charge >= 0.3 is 0 Å². The van der Waals surface area contributed by atoms with Crippen LogP contribution >= 0.6 is 0 Å². The van der Waals surface area contributed by atoms with E-state index in [2.05, 4.69) is 17.6 Å². The normalized spacial score (nSPS) is 23.1. The number of carbonyl (C=O) groups excluding carboxylic acids is 1. The minimum absolute atomic E-state index is 0.0789. The van der Waals surface area contributed by atoms with Crippen molar-refractivity contribution in [2.45, 2.75) is 38.6 Å². The van der Waals surface area contributed by atoms with Crippen LogP contribution in [-0.2, 0) is 4.79 Å². The molecule has 2 atom stereocenters. The van der Waals surface area contributed by atoms with E-state index in [9.17, 15) is 9.18 Å². The molecule has 19 heavy (non-hydrogen) atoms. The molecular formula is C15H21FN2O. The predicted molar refractivity (Wildman–Crippen MR) is 74.5 cm³/mol. The molecule has 1 aliphatic carbocycles. The summed E-state index contributed by atoms with van der Waals surface area (Å²) < 4.78 is 12.7. The van der Waals surface area contributed by atoms with Crippen LogP contribution in [0.5, 0.6) is 0 Å². The molecule has 0 aromatic heterocycles. The molecule has 2 N–H and O–H groups in total. The Bertz CT molecular complexity index is 419. The third-order valence-corrected chi connectivity index (χ3v) is 3.62. The van der Waals surface area contributed by atoms with Crippen LogP contribution in [0.3, 0.4) is 0 Å². The largest absolute Gasteiger partial charge is 0.325 e. The van der Waals surface area contributed by atoms with E-state index in [1.54, 1.807) is 12.1 Å². The summed E-state index contributed by atoms with van der Waals surface area (Å²) in [7, 11) is 0. The third kappa shape index (κ3) is 4.63. The second kappa shape index (κ2) is 6.66. The first-order valence-corrected chi connectivity index (χ1v) is 6.92. The molecule has 2 rings (SSSR count). The molecule has 0 spiro atoms. The molecule has 0 heterocycles. The van der Waals surface area contributed by atoms with E-state index in [-0.39, 0.29) is 11.7 Å². The van der Waals surface area contributed by atoms with E-state index in [1.807, 2.05) is 0 Å². The van der Waals surface area contributed by atoms with Crippen molar-refractivity contribution >= 4 is 11.6 Å². The fraction of sp³-hybridized carbons (Fsp3) is 0.533. The van der Waals surface area contributed by atoms with Gasteiger partial charge < -0.3 is 10.6 Å². The van der Waals surface area contributed by atoms with E-state index < -0.39 is 0 Å². The summed E-state index contributed by atoms with van der Waals surface area (Å²) in [5.74, 6) is 0.364. The van der Waals surface area contributed by atoms with Gasteiger partial charge in [0.05, 0.1) is 6.54 Å². The van der Waals surface area contributed by atoms with Crippen LogP contribution in [0.4, 0.5) is 10.1 Å². The molecular weight excluding hydrogens is 243 g/mol. The first-order chi connectivity index (χ1) is 9.13. The molecule has 0 bridgehead atoms. The molecule has 104 valence electrons. The predicted octanol–water partition coefficient (Wildman–Crippen LogP) is 2.93. The lowest BCUT2D eigenvalue weighted by molar-refractivity contribution is -0.115. The Hall–Kier alpha value is -1.42. The fourth-order valence-electron chi connectivity index (χ4n) is 2.59. The van der Waals surface area contributed by atoms with Crippen molar-refractivity contribution in [1.82, 2.24) is 5.32 Å². The van der Waals surface area contributed by atoms with Gasteiger partial charge in [-0.1, -0.05) is 19.8 Å². The smallest absolute Gasteiger partial charge is 0.238 e. The monoisotopic (exact) mass is 264 g/mol. The summed E-state index contributed by atoms with van der Waals surface area (Å²) in [5, 5.41) is 6.05. The maximum atomic E-state index is 12.7. The minimum atomic E-state index is -0.299. The van der Waals surface area contributed by atoms with E-state index in [0.29, 0.717) is 18.3 Å². The number of halogens is 1. The Labute approximate surface area is 113 Å². The maximum absolute atomic E-state index is 12.7. The lowest BCUT2D eigenvalue weighted by Gasteiger charge is -2.27. The summed E-state index contributed by atoms with van der Waals surface area (Å²) in [5.41, 5.74) is 0.630. The first kappa shape index (κ1) is 14.0. The molecule has 0 aliphatic heterocycles. The summed E-state index contributed by atoms with van der Waals surface area (Å²) in [4.78, 5) is 11.8. The fourth-order valence-corrected chi connectivity index (χ4v) is 2.59. The highest BCUT2D eigenvalue weighted by atomic mass is 19.1. The summed E-state index contributed by atoms with van der Waals surface area (Å²) in [6.45, 7) is 2.57. The van der Waals surface area contributed by atoms with E-state index in [4.69, 9.17) is 0 Å². The standard InChI is InChI=1S/C15H21FN2O/c1-11-3-2-4-14(9-11)17-10-15(19)18-13-7-5-12(16)6-8-13/h5-8,11,14,17H,2-4,9-10H2,1H3,(H,18,19). The van der Waals surface area contributed by atoms with E-state index in [1.165, 1.54) is 25.0 Å². The van der Waals surface area contributed by atoms with Crippen LogP contribution in [0, 0.1) is 11.7 Å². The Morgan fingerprint density at radius 3 is 2.74 bits per heavy atom. The zero-order chi connectivity index (χ0) is 13.7. The number of amides is 1. The van der Waals surface area contributed by atoms with Gasteiger partial charge in [-0.15, -0.1) is 0 Å². The Morgan fingerprint density at radius 1 is 1.32 bits per heavy atom. The van der Waals surface area contributed by atoms with Gasteiger partial charge in [-0.2, -0.15) is 0 Å². The number of rotatable bonds is 4. The number of benzene rings is 1. The molecule has 1 amide bonds. The average molecular weight is 264 g/mol. The van der Waals surface area contributed by atoms with Crippen LogP contribution in [0.25, 0.3) is 0 Å². The van der Waals surface area contributed by atoms with Crippen LogP contribution in [0.1, 0.15) is 32.6 Å². The highest BCUT2D eigenvalue weighted by molar-refractivity contribution is 5.92. The maximum Gasteiger partial charge on any atom is 0.238 e. The molecule has 1 aromatic carbocycles. The highest BCUT2D eigenvalue weighted by Gasteiger charge is 2.18. The second-order valence-electron chi connectivity index (χ2n) is 5.40. The van der Waals surface area contributed by atoms with Gasteiger partial charge in [-0.3, -0.25) is 4.79 Å². The van der Waals surface area contributed by atoms with Gasteiger partial charge in [0, 0.05) is 11.7 Å². The van der Waals surface area contributed by atoms with Gasteiger partial charge in [-0.25, -0.2) is 4.39 Å². The van der Waals surface area contributed by atoms with Crippen molar-refractivity contribution in [3.8, 4) is 0 Å². The van der Waals surface area contributed by atoms with Crippen molar-refractivity contribution in [2.75, 3.05) is 11.9 Å². The lowest BCUT2D eigenvalue weighted by Crippen LogP contribution is -2.38. The second-order valence-corrected chi connectivity index (χ2v) is 5.40. The molecule has 1 saturated carbocycles. The minimum Gasteiger partial charge on any atom is -0.325 e. The van der Waals surface area contributed by atoms with Crippen molar-refractivity contribution in [3.63, 3.8) is 0 Å². The lowest BCUT2D eigenvalue weighted by atomic mass is 9.87. The highest BCUT2D eigenvalue weighted by Crippen LogP contribution is 2.23. The van der Waals surface area contributed by atoms with Gasteiger partial charge in [0.2, 0.25) is 5.91 Å². The molecule has 1 fully saturated rings. The number of anilines is 1. The Morgan fingerprint density at radius 2 is 2.05 bits per heavy atom. The van der Waals surface area contributed by atoms with Crippen LogP contribution in [0.15, 0.2) is 24.3 Å². The molecule has 0 saturated heterocycles. The van der Waals surface area contributed by atoms with Crippen LogP contribution < -0.4 is 10.6 Å². The van der Waals surface area contributed by atoms with Gasteiger partial charge in [-0.05, 0) is 43.0 Å². The molecule has 1 aromatic rings. The van der Waals surface area contributed by atoms with Crippen molar-refractivity contribution < 1.29 is 9.18 Å². The number of hydrogen-bond acceptors (Lipinski definition) is 2. The molecule has 2 unspecified atom stereocenters. The molecule has 1 aliphatic rings. The molecule has 4 heteroatoms. The van der Waals surface area contributed by atoms with Crippen LogP contribution in [0.2, 0.25) is 0 Å². The summed E-state index contributed by atoms with van der Waals surface area (Å²) >= 11 is 0.